The zero-order valence-corrected chi connectivity index (χ0v) is 67.5. The van der Waals surface area contributed by atoms with E-state index in [1.807, 2.05) is 194 Å². The van der Waals surface area contributed by atoms with E-state index in [1.165, 1.54) is 4.90 Å². The molecule has 5 amide bonds. The van der Waals surface area contributed by atoms with Crippen molar-refractivity contribution in [1.82, 2.24) is 34.9 Å². The number of carbonyl (C=O) groups excluding carboxylic acids is 6. The summed E-state index contributed by atoms with van der Waals surface area (Å²) >= 11 is 0. The Bertz CT molecular complexity index is 5000. The molecule has 5 N–H and O–H groups in total. The van der Waals surface area contributed by atoms with Gasteiger partial charge in [-0.2, -0.15) is 0 Å². The molecule has 2 heterocycles. The molecule has 0 spiro atoms. The third-order valence-electron chi connectivity index (χ3n) is 21.5. The molecule has 0 bridgehead atoms. The van der Waals surface area contributed by atoms with Crippen molar-refractivity contribution >= 4 is 78.1 Å². The van der Waals surface area contributed by atoms with Crippen LogP contribution in [0.15, 0.2) is 207 Å². The van der Waals surface area contributed by atoms with Crippen molar-refractivity contribution in [2.24, 2.45) is 31.8 Å². The summed E-state index contributed by atoms with van der Waals surface area (Å²) < 4.78 is 26.7. The van der Waals surface area contributed by atoms with Gasteiger partial charge in [0.2, 0.25) is 20.1 Å². The van der Waals surface area contributed by atoms with Crippen LogP contribution < -0.4 is 16.0 Å². The van der Waals surface area contributed by atoms with E-state index in [0.717, 1.165) is 99.7 Å². The zero-order chi connectivity index (χ0) is 81.1. The molecule has 3 aliphatic rings. The van der Waals surface area contributed by atoms with Gasteiger partial charge in [-0.1, -0.05) is 224 Å². The number of aromatic nitrogens is 2. The number of fused-ring (bicyclic) bond motifs is 11. The minimum Gasteiger partial charge on any atom is -0.520 e. The monoisotopic (exact) mass is 1550 g/mol. The number of carboxylic acid groups (broad SMARTS) is 2. The van der Waals surface area contributed by atoms with E-state index >= 15 is 0 Å². The number of ether oxygens (including phenoxy) is 3. The average Bonchev–Trinajstić information content (AvgIpc) is 1.62. The van der Waals surface area contributed by atoms with Gasteiger partial charge in [-0.25, -0.2) is 19.2 Å². The Labute approximate surface area is 661 Å². The van der Waals surface area contributed by atoms with Gasteiger partial charge in [0.05, 0.1) is 12.8 Å². The number of aliphatic carboxylic acids is 2. The standard InChI is InChI=1S/C37H45N3O5Si.C34H37N3O5.C20H21NO4/c1-24(2)35(38-37(43)44-23-32-30-17-10-8-15-28(30)29-16-9-11-18-31(29)32)36(42)40(4)26(21-34(41)45-46(5,6)7)20-25-22-39(3)33-19-13-12-14-27(25)33;1-21(2)32(35-34(41)42-20-29-27-14-7-5-12-25(27)26-13-6-8-15-28(26)29)33(40)37(4)23(18-31(38)39)17-22-19-36(3)30-16-10-9-11-24(22)30;1-12(2)18(19(22)23)21-20(24)25-11-17-15-9-5-3-7-13(15)14-8-4-6-10-16(14)17/h8-19,22,24,26,32,35H,20-21,23H2,1-7H3,(H,38,43);5-16,19,21,23,29,32H,17-18,20H2,1-4H3,(H,35,41)(H,38,39);3-10,12,17-18H,11H2,1-2H3,(H,21,24)(H,22,23)/t26-,35-;23-,32-;18-/m000/s1. The number of hydrogen-bond donors (Lipinski definition) is 5. The van der Waals surface area contributed by atoms with Crippen LogP contribution in [0.25, 0.3) is 55.2 Å². The van der Waals surface area contributed by atoms with Gasteiger partial charge in [-0.3, -0.25) is 19.2 Å². The topological polar surface area (TPSA) is 266 Å². The lowest BCUT2D eigenvalue weighted by Gasteiger charge is -2.33. The van der Waals surface area contributed by atoms with Crippen LogP contribution in [0, 0.1) is 17.8 Å². The van der Waals surface area contributed by atoms with Crippen molar-refractivity contribution < 1.29 is 67.2 Å². The fraction of sp³-hybridized carbons (Fsp3) is 0.341. The predicted molar refractivity (Wildman–Crippen MR) is 441 cm³/mol. The summed E-state index contributed by atoms with van der Waals surface area (Å²) in [6.07, 6.45) is 2.65. The second-order valence-corrected chi connectivity index (χ2v) is 35.9. The second-order valence-electron chi connectivity index (χ2n) is 31.5. The van der Waals surface area contributed by atoms with Gasteiger partial charge in [-0.05, 0) is 140 Å². The number of hydrogen-bond acceptors (Lipinski definition) is 12. The number of aryl methyl sites for hydroxylation is 2. The summed E-state index contributed by atoms with van der Waals surface area (Å²) in [6.45, 7) is 17.3. The molecule has 21 nitrogen and oxygen atoms in total. The zero-order valence-electron chi connectivity index (χ0n) is 66.5. The Balaban J connectivity index is 0.000000174. The number of rotatable bonds is 26. The fourth-order valence-corrected chi connectivity index (χ4v) is 16.6. The quantitative estimate of drug-likeness (QED) is 0.0249. The Kier molecular flexibility index (Phi) is 26.3. The predicted octanol–water partition coefficient (Wildman–Crippen LogP) is 16.1. The molecule has 2 aromatic heterocycles. The van der Waals surface area contributed by atoms with Crippen molar-refractivity contribution in [3.05, 3.63) is 251 Å². The molecule has 13 rings (SSSR count). The van der Waals surface area contributed by atoms with E-state index < -0.39 is 68.7 Å². The highest BCUT2D eigenvalue weighted by molar-refractivity contribution is 6.71. The van der Waals surface area contributed by atoms with Crippen molar-refractivity contribution in [2.75, 3.05) is 33.9 Å². The molecule has 8 aromatic carbocycles. The van der Waals surface area contributed by atoms with Gasteiger partial charge in [-0.15, -0.1) is 0 Å². The van der Waals surface area contributed by atoms with Gasteiger partial charge >= 0.3 is 30.2 Å². The Hall–Kier alpha value is -11.8. The number of benzene rings is 8. The minimum atomic E-state index is -2.14. The summed E-state index contributed by atoms with van der Waals surface area (Å²) in [5, 5.41) is 29.0. The first-order valence-electron chi connectivity index (χ1n) is 38.6. The van der Waals surface area contributed by atoms with E-state index in [9.17, 15) is 43.5 Å². The van der Waals surface area contributed by atoms with Crippen LogP contribution in [0.2, 0.25) is 19.6 Å². The lowest BCUT2D eigenvalue weighted by atomic mass is 9.98. The third kappa shape index (κ3) is 19.2. The molecule has 5 atom stereocenters. The molecular weight excluding hydrogens is 1440 g/mol. The van der Waals surface area contributed by atoms with Gasteiger partial charge in [0.25, 0.3) is 5.97 Å². The van der Waals surface area contributed by atoms with Crippen molar-refractivity contribution in [1.29, 1.82) is 0 Å². The lowest BCUT2D eigenvalue weighted by Crippen LogP contribution is -2.53. The molecule has 0 saturated heterocycles. The largest absolute Gasteiger partial charge is 0.520 e. The number of alkyl carbamates (subject to hydrolysis) is 3. The van der Waals surface area contributed by atoms with Gasteiger partial charge < -0.3 is 63.7 Å². The summed E-state index contributed by atoms with van der Waals surface area (Å²) in [4.78, 5) is 105. The van der Waals surface area contributed by atoms with Crippen LogP contribution in [0.1, 0.15) is 117 Å². The number of nitrogens with zero attached hydrogens (tertiary/aromatic N) is 4. The summed E-state index contributed by atoms with van der Waals surface area (Å²) in [7, 11) is 5.11. The Morgan fingerprint density at radius 3 is 0.965 bits per heavy atom. The van der Waals surface area contributed by atoms with Crippen LogP contribution in [0.4, 0.5) is 14.4 Å². The van der Waals surface area contributed by atoms with Crippen LogP contribution in [-0.2, 0) is 69.5 Å². The Morgan fingerprint density at radius 2 is 0.681 bits per heavy atom. The fourth-order valence-electron chi connectivity index (χ4n) is 15.8. The van der Waals surface area contributed by atoms with Gasteiger partial charge in [0.1, 0.15) is 37.9 Å². The van der Waals surface area contributed by atoms with Crippen molar-refractivity contribution in [3.8, 4) is 33.4 Å². The molecule has 0 unspecified atom stereocenters. The molecule has 10 aromatic rings. The second kappa shape index (κ2) is 36.1. The SMILES string of the molecule is CC(C)[C@H](NC(=O)OCC1c2ccccc2-c2ccccc21)C(=O)N(C)[C@H](CC(=O)O)Cc1cn(C)c2ccccc12.CC(C)[C@H](NC(=O)OCC1c2ccccc2-c2ccccc21)C(=O)N(C)[C@H](CC(=O)O[Si](C)(C)C)Cc1cn(C)c2ccccc12.CC(C)[C@H](NC(=O)OCC1c2ccccc2-c2ccccc21)C(=O)O. The lowest BCUT2D eigenvalue weighted by molar-refractivity contribution is -0.142. The maximum Gasteiger partial charge on any atom is 0.407 e. The number of nitrogens with one attached hydrogen (secondary N) is 3. The van der Waals surface area contributed by atoms with E-state index in [1.54, 1.807) is 32.8 Å². The molecule has 0 aliphatic heterocycles. The number of carbonyl (C=O) groups is 8. The highest BCUT2D eigenvalue weighted by Gasteiger charge is 2.38. The van der Waals surface area contributed by atoms with Gasteiger partial charge in [0.15, 0.2) is 0 Å². The summed E-state index contributed by atoms with van der Waals surface area (Å²) in [5.74, 6) is -3.94. The van der Waals surface area contributed by atoms with E-state index in [2.05, 4.69) is 99.5 Å². The Morgan fingerprint density at radius 1 is 0.407 bits per heavy atom. The highest BCUT2D eigenvalue weighted by atomic mass is 28.4. The summed E-state index contributed by atoms with van der Waals surface area (Å²) in [6, 6.07) is 60.9. The minimum absolute atomic E-state index is 0.0412. The number of likely N-dealkylation sites (N-methyl/N-ethyl adjacent to an activating group) is 2. The normalized spacial score (nSPS) is 13.9. The number of amides is 5. The first-order valence-corrected chi connectivity index (χ1v) is 42.0. The van der Waals surface area contributed by atoms with Crippen LogP contribution in [0.5, 0.6) is 0 Å². The summed E-state index contributed by atoms with van der Waals surface area (Å²) in [5.41, 5.74) is 17.7. The molecular formula is C91H103N7O14Si. The molecule has 22 heteroatoms. The number of para-hydroxylation sites is 2. The highest BCUT2D eigenvalue weighted by Crippen LogP contribution is 2.47. The molecule has 3 aliphatic carbocycles. The molecule has 0 fully saturated rings. The van der Waals surface area contributed by atoms with Crippen LogP contribution in [0.3, 0.4) is 0 Å². The molecule has 590 valence electrons. The van der Waals surface area contributed by atoms with E-state index in [-0.39, 0.29) is 86.0 Å². The molecule has 113 heavy (non-hydrogen) atoms. The van der Waals surface area contributed by atoms with Crippen molar-refractivity contribution in [2.45, 2.75) is 135 Å². The van der Waals surface area contributed by atoms with Gasteiger partial charge in [0, 0.05) is 92.2 Å². The smallest absolute Gasteiger partial charge is 0.407 e. The van der Waals surface area contributed by atoms with E-state index in [0.29, 0.717) is 12.8 Å². The van der Waals surface area contributed by atoms with E-state index in [4.69, 9.17) is 23.7 Å². The molecule has 0 saturated carbocycles. The number of carboxylic acids is 2. The first-order chi connectivity index (χ1) is 54.0. The van der Waals surface area contributed by atoms with Crippen LogP contribution >= 0.6 is 0 Å². The van der Waals surface area contributed by atoms with Crippen molar-refractivity contribution in [3.63, 3.8) is 0 Å². The molecule has 0 radical (unpaired) electrons. The van der Waals surface area contributed by atoms with Crippen LogP contribution in [-0.4, -0.2) is 150 Å². The maximum atomic E-state index is 14.1. The average molecular weight is 1550 g/mol. The third-order valence-corrected chi connectivity index (χ3v) is 22.4. The first kappa shape index (κ1) is 82.2. The maximum absolute atomic E-state index is 14.1.